The minimum absolute atomic E-state index is 0.514. The smallest absolute Gasteiger partial charge is 0.204 e. The Morgan fingerprint density at radius 2 is 1.66 bits per heavy atom. The molecule has 4 heterocycles. The molecule has 0 unspecified atom stereocenters. The number of aromatic nitrogens is 8. The van der Waals surface area contributed by atoms with Gasteiger partial charge < -0.3 is 0 Å². The van der Waals surface area contributed by atoms with E-state index in [9.17, 15) is 0 Å². The normalized spacial score (nSPS) is 11.3. The van der Waals surface area contributed by atoms with E-state index in [1.54, 1.807) is 17.2 Å². The Morgan fingerprint density at radius 3 is 2.49 bits per heavy atom. The number of aryl methyl sites for hydroxylation is 2. The number of hydrogen-bond acceptors (Lipinski definition) is 6. The fourth-order valence-electron chi connectivity index (χ4n) is 4.34. The molecule has 0 aliphatic carbocycles. The van der Waals surface area contributed by atoms with Crippen LogP contribution in [0.15, 0.2) is 85.5 Å². The first-order chi connectivity index (χ1) is 17.1. The Morgan fingerprint density at radius 1 is 0.800 bits per heavy atom. The molecule has 8 nitrogen and oxygen atoms in total. The SMILES string of the molecule is Cc1cc(C)cc(-c2cnn3c(-c4cccc(-c5nnn(Cc6cccnc6)n5)c4)ccnc23)c1. The van der Waals surface area contributed by atoms with Crippen molar-refractivity contribution in [3.63, 3.8) is 0 Å². The second-order valence-electron chi connectivity index (χ2n) is 8.59. The molecule has 0 bridgehead atoms. The van der Waals surface area contributed by atoms with Gasteiger partial charge >= 0.3 is 0 Å². The summed E-state index contributed by atoms with van der Waals surface area (Å²) in [7, 11) is 0. The van der Waals surface area contributed by atoms with E-state index in [0.717, 1.165) is 39.2 Å². The second kappa shape index (κ2) is 8.57. The number of rotatable bonds is 5. The molecular weight excluding hydrogens is 436 g/mol. The van der Waals surface area contributed by atoms with Gasteiger partial charge in [-0.1, -0.05) is 53.6 Å². The lowest BCUT2D eigenvalue weighted by Gasteiger charge is -2.07. The maximum absolute atomic E-state index is 4.68. The summed E-state index contributed by atoms with van der Waals surface area (Å²) < 4.78 is 1.89. The zero-order chi connectivity index (χ0) is 23.8. The molecule has 8 heteroatoms. The van der Waals surface area contributed by atoms with Gasteiger partial charge in [-0.25, -0.2) is 9.50 Å². The van der Waals surface area contributed by atoms with Gasteiger partial charge in [0.05, 0.1) is 18.4 Å². The van der Waals surface area contributed by atoms with Gasteiger partial charge in [0.25, 0.3) is 0 Å². The van der Waals surface area contributed by atoms with Crippen molar-refractivity contribution >= 4 is 5.65 Å². The maximum Gasteiger partial charge on any atom is 0.204 e. The zero-order valence-corrected chi connectivity index (χ0v) is 19.4. The van der Waals surface area contributed by atoms with Gasteiger partial charge in [-0.05, 0) is 48.4 Å². The van der Waals surface area contributed by atoms with Crippen molar-refractivity contribution in [3.8, 4) is 33.8 Å². The summed E-state index contributed by atoms with van der Waals surface area (Å²) in [5.41, 5.74) is 9.20. The van der Waals surface area contributed by atoms with Gasteiger partial charge in [-0.2, -0.15) is 9.90 Å². The lowest BCUT2D eigenvalue weighted by molar-refractivity contribution is 0.572. The summed E-state index contributed by atoms with van der Waals surface area (Å²) in [6.45, 7) is 4.72. The molecule has 0 radical (unpaired) electrons. The van der Waals surface area contributed by atoms with Crippen LogP contribution in [-0.2, 0) is 6.54 Å². The average Bonchev–Trinajstić information content (AvgIpc) is 3.51. The zero-order valence-electron chi connectivity index (χ0n) is 19.4. The van der Waals surface area contributed by atoms with E-state index >= 15 is 0 Å². The molecule has 4 aromatic heterocycles. The summed E-state index contributed by atoms with van der Waals surface area (Å²) in [6.07, 6.45) is 7.26. The Labute approximate surface area is 201 Å². The summed E-state index contributed by atoms with van der Waals surface area (Å²) in [5, 5.41) is 17.7. The highest BCUT2D eigenvalue weighted by Gasteiger charge is 2.14. The Hall–Kier alpha value is -4.72. The molecule has 0 saturated carbocycles. The van der Waals surface area contributed by atoms with Crippen LogP contribution in [0.4, 0.5) is 0 Å². The third-order valence-electron chi connectivity index (χ3n) is 5.85. The standard InChI is InChI=1S/C27H22N8/c1-18-11-19(2)13-23(12-18)24-16-30-35-25(8-10-29-27(24)35)21-6-3-7-22(14-21)26-31-33-34(32-26)17-20-5-4-9-28-15-20/h3-16H,17H2,1-2H3. The topological polar surface area (TPSA) is 86.7 Å². The largest absolute Gasteiger partial charge is 0.264 e. The van der Waals surface area contributed by atoms with Crippen LogP contribution in [0.25, 0.3) is 39.4 Å². The molecule has 0 atom stereocenters. The van der Waals surface area contributed by atoms with Gasteiger partial charge in [0, 0.05) is 35.3 Å². The van der Waals surface area contributed by atoms with Crippen molar-refractivity contribution in [1.82, 2.24) is 39.8 Å². The van der Waals surface area contributed by atoms with Crippen LogP contribution in [0.2, 0.25) is 0 Å². The molecule has 0 spiro atoms. The highest BCUT2D eigenvalue weighted by molar-refractivity contribution is 5.80. The number of pyridine rings is 1. The van der Waals surface area contributed by atoms with E-state index < -0.39 is 0 Å². The van der Waals surface area contributed by atoms with E-state index in [4.69, 9.17) is 0 Å². The summed E-state index contributed by atoms with van der Waals surface area (Å²) in [5.74, 6) is 0.567. The van der Waals surface area contributed by atoms with Crippen molar-refractivity contribution in [2.24, 2.45) is 0 Å². The Bertz CT molecular complexity index is 1630. The lowest BCUT2D eigenvalue weighted by Crippen LogP contribution is -2.04. The van der Waals surface area contributed by atoms with Crippen LogP contribution >= 0.6 is 0 Å². The molecule has 6 aromatic rings. The van der Waals surface area contributed by atoms with Crippen LogP contribution in [0.3, 0.4) is 0 Å². The first kappa shape index (κ1) is 20.9. The van der Waals surface area contributed by atoms with E-state index in [-0.39, 0.29) is 0 Å². The van der Waals surface area contributed by atoms with Crippen LogP contribution < -0.4 is 0 Å². The minimum atomic E-state index is 0.514. The monoisotopic (exact) mass is 458 g/mol. The highest BCUT2D eigenvalue weighted by atomic mass is 15.6. The van der Waals surface area contributed by atoms with Gasteiger partial charge in [-0.15, -0.1) is 10.2 Å². The predicted molar refractivity (Wildman–Crippen MR) is 133 cm³/mol. The molecule has 0 N–H and O–H groups in total. The Balaban J connectivity index is 1.36. The molecule has 170 valence electrons. The molecule has 0 amide bonds. The molecular formula is C27H22N8. The first-order valence-electron chi connectivity index (χ1n) is 11.3. The van der Waals surface area contributed by atoms with Crippen LogP contribution in [0.1, 0.15) is 16.7 Å². The minimum Gasteiger partial charge on any atom is -0.264 e. The molecule has 0 saturated heterocycles. The first-order valence-corrected chi connectivity index (χ1v) is 11.3. The van der Waals surface area contributed by atoms with Gasteiger partial charge in [0.1, 0.15) is 0 Å². The molecule has 2 aromatic carbocycles. The summed E-state index contributed by atoms with van der Waals surface area (Å²) in [6, 6.07) is 20.4. The van der Waals surface area contributed by atoms with E-state index in [1.165, 1.54) is 11.1 Å². The van der Waals surface area contributed by atoms with Crippen molar-refractivity contribution in [2.75, 3.05) is 0 Å². The van der Waals surface area contributed by atoms with Crippen molar-refractivity contribution in [3.05, 3.63) is 102 Å². The van der Waals surface area contributed by atoms with Crippen molar-refractivity contribution in [2.45, 2.75) is 20.4 Å². The number of nitrogens with zero attached hydrogens (tertiary/aromatic N) is 8. The third kappa shape index (κ3) is 4.06. The quantitative estimate of drug-likeness (QED) is 0.370. The highest BCUT2D eigenvalue weighted by Crippen LogP contribution is 2.29. The number of hydrogen-bond donors (Lipinski definition) is 0. The molecule has 6 rings (SSSR count). The number of benzene rings is 2. The van der Waals surface area contributed by atoms with Crippen LogP contribution in [-0.4, -0.2) is 39.8 Å². The summed E-state index contributed by atoms with van der Waals surface area (Å²) in [4.78, 5) is 10.4. The van der Waals surface area contributed by atoms with E-state index in [2.05, 4.69) is 74.7 Å². The lowest BCUT2D eigenvalue weighted by atomic mass is 10.0. The number of fused-ring (bicyclic) bond motifs is 1. The van der Waals surface area contributed by atoms with E-state index in [0.29, 0.717) is 12.4 Å². The van der Waals surface area contributed by atoms with Gasteiger partial charge in [0.15, 0.2) is 5.65 Å². The van der Waals surface area contributed by atoms with E-state index in [1.807, 2.05) is 47.2 Å². The fourth-order valence-corrected chi connectivity index (χ4v) is 4.34. The third-order valence-corrected chi connectivity index (χ3v) is 5.85. The summed E-state index contributed by atoms with van der Waals surface area (Å²) >= 11 is 0. The van der Waals surface area contributed by atoms with Gasteiger partial charge in [0.2, 0.25) is 5.82 Å². The van der Waals surface area contributed by atoms with Crippen LogP contribution in [0.5, 0.6) is 0 Å². The molecule has 0 aliphatic rings. The molecule has 0 fully saturated rings. The molecule has 0 aliphatic heterocycles. The fraction of sp³-hybridized carbons (Fsp3) is 0.111. The number of tetrazole rings is 1. The average molecular weight is 459 g/mol. The van der Waals surface area contributed by atoms with Crippen molar-refractivity contribution in [1.29, 1.82) is 0 Å². The Kier molecular flexibility index (Phi) is 5.11. The maximum atomic E-state index is 4.68. The van der Waals surface area contributed by atoms with Gasteiger partial charge in [-0.3, -0.25) is 4.98 Å². The predicted octanol–water partition coefficient (Wildman–Crippen LogP) is 4.78. The second-order valence-corrected chi connectivity index (χ2v) is 8.59. The van der Waals surface area contributed by atoms with Crippen molar-refractivity contribution < 1.29 is 0 Å². The van der Waals surface area contributed by atoms with Crippen LogP contribution in [0, 0.1) is 13.8 Å². The molecule has 35 heavy (non-hydrogen) atoms.